The predicted molar refractivity (Wildman–Crippen MR) is 84.1 cm³/mol. The van der Waals surface area contributed by atoms with E-state index < -0.39 is 6.10 Å². The minimum absolute atomic E-state index is 0.148. The summed E-state index contributed by atoms with van der Waals surface area (Å²) < 4.78 is 0. The predicted octanol–water partition coefficient (Wildman–Crippen LogP) is 2.26. The number of hydrogen-bond donors (Lipinski definition) is 3. The number of rotatable bonds is 6. The number of hydrogen-bond acceptors (Lipinski definition) is 3. The highest BCUT2D eigenvalue weighted by atomic mass is 16.3. The molecule has 2 rings (SSSR count). The Labute approximate surface area is 124 Å². The maximum atomic E-state index is 11.7. The summed E-state index contributed by atoms with van der Waals surface area (Å²) in [4.78, 5) is 11.7. The molecule has 0 saturated heterocycles. The lowest BCUT2D eigenvalue weighted by Gasteiger charge is -2.13. The van der Waals surface area contributed by atoms with Crippen LogP contribution in [0.4, 0.5) is 5.69 Å². The molecule has 0 saturated carbocycles. The Morgan fingerprint density at radius 3 is 2.43 bits per heavy atom. The van der Waals surface area contributed by atoms with Gasteiger partial charge in [0.05, 0.1) is 12.6 Å². The van der Waals surface area contributed by atoms with Crippen LogP contribution in [0.3, 0.4) is 0 Å². The summed E-state index contributed by atoms with van der Waals surface area (Å²) in [5.74, 6) is -0.148. The topological polar surface area (TPSA) is 61.4 Å². The van der Waals surface area contributed by atoms with E-state index in [9.17, 15) is 9.90 Å². The van der Waals surface area contributed by atoms with Crippen molar-refractivity contribution in [3.8, 4) is 0 Å². The molecule has 0 aliphatic rings. The van der Waals surface area contributed by atoms with Crippen LogP contribution in [0.2, 0.25) is 0 Å². The summed E-state index contributed by atoms with van der Waals surface area (Å²) >= 11 is 0. The van der Waals surface area contributed by atoms with Crippen LogP contribution in [0, 0.1) is 6.92 Å². The van der Waals surface area contributed by atoms with Crippen LogP contribution in [0.1, 0.15) is 17.2 Å². The second-order valence-corrected chi connectivity index (χ2v) is 4.95. The Hall–Kier alpha value is -2.33. The van der Waals surface area contributed by atoms with Crippen molar-refractivity contribution < 1.29 is 9.90 Å². The molecule has 0 heterocycles. The third-order valence-corrected chi connectivity index (χ3v) is 3.18. The number of aliphatic hydroxyl groups excluding tert-OH is 1. The molecule has 1 atom stereocenters. The number of para-hydroxylation sites is 1. The summed E-state index contributed by atoms with van der Waals surface area (Å²) in [5.41, 5.74) is 2.84. The lowest BCUT2D eigenvalue weighted by atomic mass is 10.1. The van der Waals surface area contributed by atoms with Crippen molar-refractivity contribution >= 4 is 11.6 Å². The Balaban J connectivity index is 1.74. The first-order valence-electron chi connectivity index (χ1n) is 6.95. The number of aryl methyl sites for hydroxylation is 1. The van der Waals surface area contributed by atoms with Gasteiger partial charge in [-0.3, -0.25) is 4.79 Å². The number of carbonyl (C=O) groups excluding carboxylic acids is 1. The van der Waals surface area contributed by atoms with Gasteiger partial charge in [0.2, 0.25) is 5.91 Å². The molecule has 21 heavy (non-hydrogen) atoms. The van der Waals surface area contributed by atoms with Crippen molar-refractivity contribution in [2.24, 2.45) is 0 Å². The molecule has 2 aromatic carbocycles. The van der Waals surface area contributed by atoms with Gasteiger partial charge in [-0.1, -0.05) is 48.0 Å². The van der Waals surface area contributed by atoms with E-state index in [2.05, 4.69) is 10.6 Å². The van der Waals surface area contributed by atoms with E-state index in [0.717, 1.165) is 16.8 Å². The SMILES string of the molecule is Cc1ccc(C(O)CNC(=O)CNc2ccccc2)cc1. The number of carbonyl (C=O) groups is 1. The maximum absolute atomic E-state index is 11.7. The van der Waals surface area contributed by atoms with E-state index in [1.165, 1.54) is 0 Å². The number of anilines is 1. The van der Waals surface area contributed by atoms with Gasteiger partial charge < -0.3 is 15.7 Å². The largest absolute Gasteiger partial charge is 0.387 e. The number of amides is 1. The lowest BCUT2D eigenvalue weighted by molar-refractivity contribution is -0.119. The average molecular weight is 284 g/mol. The number of nitrogens with one attached hydrogen (secondary N) is 2. The van der Waals surface area contributed by atoms with Crippen LogP contribution >= 0.6 is 0 Å². The van der Waals surface area contributed by atoms with Gasteiger partial charge in [0.15, 0.2) is 0 Å². The Bertz CT molecular complexity index is 567. The number of aliphatic hydroxyl groups is 1. The summed E-state index contributed by atoms with van der Waals surface area (Å²) in [6.45, 7) is 2.39. The Kier molecular flexibility index (Phi) is 5.35. The highest BCUT2D eigenvalue weighted by Crippen LogP contribution is 2.12. The first kappa shape index (κ1) is 15.1. The highest BCUT2D eigenvalue weighted by molar-refractivity contribution is 5.80. The van der Waals surface area contributed by atoms with Crippen LogP contribution < -0.4 is 10.6 Å². The van der Waals surface area contributed by atoms with Crippen molar-refractivity contribution in [1.82, 2.24) is 5.32 Å². The minimum atomic E-state index is -0.689. The zero-order valence-electron chi connectivity index (χ0n) is 12.0. The standard InChI is InChI=1S/C17H20N2O2/c1-13-7-9-14(10-8-13)16(20)11-19-17(21)12-18-15-5-3-2-4-6-15/h2-10,16,18,20H,11-12H2,1H3,(H,19,21). The molecule has 4 nitrogen and oxygen atoms in total. The van der Waals surface area contributed by atoms with Gasteiger partial charge in [0.25, 0.3) is 0 Å². The van der Waals surface area contributed by atoms with Crippen LogP contribution in [0.5, 0.6) is 0 Å². The molecule has 110 valence electrons. The first-order valence-corrected chi connectivity index (χ1v) is 6.95. The fourth-order valence-corrected chi connectivity index (χ4v) is 1.92. The smallest absolute Gasteiger partial charge is 0.239 e. The molecular weight excluding hydrogens is 264 g/mol. The van der Waals surface area contributed by atoms with Gasteiger partial charge in [-0.05, 0) is 24.6 Å². The molecule has 0 aromatic heterocycles. The molecule has 0 aliphatic carbocycles. The highest BCUT2D eigenvalue weighted by Gasteiger charge is 2.09. The summed E-state index contributed by atoms with van der Waals surface area (Å²) in [6, 6.07) is 17.1. The van der Waals surface area contributed by atoms with Gasteiger partial charge >= 0.3 is 0 Å². The first-order chi connectivity index (χ1) is 10.1. The second-order valence-electron chi connectivity index (χ2n) is 4.95. The van der Waals surface area contributed by atoms with Crippen molar-refractivity contribution in [2.75, 3.05) is 18.4 Å². The average Bonchev–Trinajstić information content (AvgIpc) is 2.52. The van der Waals surface area contributed by atoms with E-state index in [1.807, 2.05) is 61.5 Å². The lowest BCUT2D eigenvalue weighted by Crippen LogP contribution is -2.33. The van der Waals surface area contributed by atoms with Crippen LogP contribution in [-0.4, -0.2) is 24.1 Å². The molecule has 1 amide bonds. The van der Waals surface area contributed by atoms with Crippen molar-refractivity contribution in [3.05, 3.63) is 65.7 Å². The van der Waals surface area contributed by atoms with Crippen LogP contribution in [-0.2, 0) is 4.79 Å². The molecule has 3 N–H and O–H groups in total. The van der Waals surface area contributed by atoms with Gasteiger partial charge in [0.1, 0.15) is 0 Å². The normalized spacial score (nSPS) is 11.7. The van der Waals surface area contributed by atoms with Crippen molar-refractivity contribution in [3.63, 3.8) is 0 Å². The van der Waals surface area contributed by atoms with Gasteiger partial charge in [-0.15, -0.1) is 0 Å². The molecule has 0 bridgehead atoms. The third kappa shape index (κ3) is 4.93. The molecule has 1 unspecified atom stereocenters. The van der Waals surface area contributed by atoms with Crippen molar-refractivity contribution in [2.45, 2.75) is 13.0 Å². The molecule has 0 spiro atoms. The van der Waals surface area contributed by atoms with Crippen LogP contribution in [0.15, 0.2) is 54.6 Å². The zero-order valence-corrected chi connectivity index (χ0v) is 12.0. The fraction of sp³-hybridized carbons (Fsp3) is 0.235. The Morgan fingerprint density at radius 1 is 1.10 bits per heavy atom. The summed E-state index contributed by atoms with van der Waals surface area (Å²) in [5, 5.41) is 15.7. The van der Waals surface area contributed by atoms with E-state index in [1.54, 1.807) is 0 Å². The van der Waals surface area contributed by atoms with Gasteiger partial charge in [-0.25, -0.2) is 0 Å². The third-order valence-electron chi connectivity index (χ3n) is 3.18. The molecule has 0 radical (unpaired) electrons. The van der Waals surface area contributed by atoms with Crippen LogP contribution in [0.25, 0.3) is 0 Å². The van der Waals surface area contributed by atoms with E-state index in [4.69, 9.17) is 0 Å². The van der Waals surface area contributed by atoms with E-state index in [-0.39, 0.29) is 19.0 Å². The molecule has 4 heteroatoms. The Morgan fingerprint density at radius 2 is 1.76 bits per heavy atom. The monoisotopic (exact) mass is 284 g/mol. The summed E-state index contributed by atoms with van der Waals surface area (Å²) in [7, 11) is 0. The van der Waals surface area contributed by atoms with E-state index in [0.29, 0.717) is 0 Å². The molecule has 0 aliphatic heterocycles. The van der Waals surface area contributed by atoms with Gasteiger partial charge in [0, 0.05) is 12.2 Å². The minimum Gasteiger partial charge on any atom is -0.387 e. The molecular formula is C17H20N2O2. The number of benzene rings is 2. The maximum Gasteiger partial charge on any atom is 0.239 e. The van der Waals surface area contributed by atoms with E-state index >= 15 is 0 Å². The zero-order chi connectivity index (χ0) is 15.1. The van der Waals surface area contributed by atoms with Crippen molar-refractivity contribution in [1.29, 1.82) is 0 Å². The molecule has 2 aromatic rings. The fourth-order valence-electron chi connectivity index (χ4n) is 1.92. The van der Waals surface area contributed by atoms with Gasteiger partial charge in [-0.2, -0.15) is 0 Å². The summed E-state index contributed by atoms with van der Waals surface area (Å²) in [6.07, 6.45) is -0.689. The molecule has 0 fully saturated rings. The quantitative estimate of drug-likeness (QED) is 0.762. The second kappa shape index (κ2) is 7.45.